The van der Waals surface area contributed by atoms with E-state index in [1.54, 1.807) is 24.5 Å². The molecule has 2 heterocycles. The summed E-state index contributed by atoms with van der Waals surface area (Å²) in [7, 11) is 1.62. The summed E-state index contributed by atoms with van der Waals surface area (Å²) in [5.41, 5.74) is 1.82. The Balaban J connectivity index is 1.61. The summed E-state index contributed by atoms with van der Waals surface area (Å²) in [6.45, 7) is 0. The van der Waals surface area contributed by atoms with Gasteiger partial charge in [0, 0.05) is 11.5 Å². The van der Waals surface area contributed by atoms with Gasteiger partial charge in [0.05, 0.1) is 17.7 Å². The number of nitrogens with one attached hydrogen (secondary N) is 1. The molecule has 0 bridgehead atoms. The van der Waals surface area contributed by atoms with Gasteiger partial charge in [0.2, 0.25) is 5.91 Å². The van der Waals surface area contributed by atoms with E-state index in [0.29, 0.717) is 5.13 Å². The second kappa shape index (κ2) is 7.21. The van der Waals surface area contributed by atoms with E-state index in [-0.39, 0.29) is 5.91 Å². The van der Waals surface area contributed by atoms with Gasteiger partial charge in [0.25, 0.3) is 0 Å². The number of ether oxygens (including phenoxy) is 1. The first kappa shape index (κ1) is 15.5. The molecule has 0 fully saturated rings. The lowest BCUT2D eigenvalue weighted by Gasteiger charge is -1.99. The second-order valence-electron chi connectivity index (χ2n) is 4.61. The van der Waals surface area contributed by atoms with Crippen LogP contribution in [0.1, 0.15) is 5.56 Å². The number of amides is 1. The molecule has 0 aliphatic rings. The molecule has 23 heavy (non-hydrogen) atoms. The molecule has 0 saturated carbocycles. The number of methoxy groups -OCH3 is 1. The van der Waals surface area contributed by atoms with Gasteiger partial charge in [-0.25, -0.2) is 4.98 Å². The molecule has 0 aliphatic carbocycles. The summed E-state index contributed by atoms with van der Waals surface area (Å²) in [6, 6.07) is 11.5. The first-order valence-electron chi connectivity index (χ1n) is 6.87. The van der Waals surface area contributed by atoms with E-state index in [1.807, 2.05) is 47.2 Å². The average Bonchev–Trinajstić information content (AvgIpc) is 3.24. The maximum atomic E-state index is 12.0. The third kappa shape index (κ3) is 4.06. The molecule has 1 N–H and O–H groups in total. The van der Waals surface area contributed by atoms with Gasteiger partial charge in [-0.15, -0.1) is 22.7 Å². The van der Waals surface area contributed by atoms with E-state index in [1.165, 1.54) is 17.4 Å². The number of thiazole rings is 1. The third-order valence-corrected chi connectivity index (χ3v) is 4.70. The zero-order chi connectivity index (χ0) is 16.1. The molecule has 0 aliphatic heterocycles. The fraction of sp³-hybridized carbons (Fsp3) is 0.0588. The molecule has 3 aromatic rings. The Morgan fingerprint density at radius 1 is 1.22 bits per heavy atom. The lowest BCUT2D eigenvalue weighted by atomic mass is 10.2. The molecule has 1 amide bonds. The Hall–Kier alpha value is -2.44. The predicted octanol–water partition coefficient (Wildman–Crippen LogP) is 4.53. The molecule has 0 spiro atoms. The fourth-order valence-corrected chi connectivity index (χ4v) is 3.38. The van der Waals surface area contributed by atoms with Crippen LogP contribution in [0, 0.1) is 0 Å². The van der Waals surface area contributed by atoms with Crippen molar-refractivity contribution in [1.82, 2.24) is 4.98 Å². The molecule has 6 heteroatoms. The van der Waals surface area contributed by atoms with Gasteiger partial charge in [-0.05, 0) is 35.2 Å². The minimum absolute atomic E-state index is 0.201. The van der Waals surface area contributed by atoms with Gasteiger partial charge in [-0.3, -0.25) is 10.1 Å². The van der Waals surface area contributed by atoms with Crippen molar-refractivity contribution >= 4 is 39.8 Å². The number of anilines is 1. The van der Waals surface area contributed by atoms with Crippen molar-refractivity contribution < 1.29 is 9.53 Å². The molecular weight excluding hydrogens is 328 g/mol. The topological polar surface area (TPSA) is 51.2 Å². The van der Waals surface area contributed by atoms with E-state index in [4.69, 9.17) is 4.74 Å². The van der Waals surface area contributed by atoms with Crippen LogP contribution < -0.4 is 10.1 Å². The minimum atomic E-state index is -0.201. The zero-order valence-corrected chi connectivity index (χ0v) is 14.0. The number of thiophene rings is 1. The van der Waals surface area contributed by atoms with Crippen LogP contribution in [0.3, 0.4) is 0 Å². The summed E-state index contributed by atoms with van der Waals surface area (Å²) in [6.07, 6.45) is 3.25. The lowest BCUT2D eigenvalue weighted by molar-refractivity contribution is -0.111. The fourth-order valence-electron chi connectivity index (χ4n) is 1.90. The van der Waals surface area contributed by atoms with Crippen LogP contribution >= 0.6 is 22.7 Å². The normalized spacial score (nSPS) is 10.8. The van der Waals surface area contributed by atoms with E-state index in [2.05, 4.69) is 10.3 Å². The van der Waals surface area contributed by atoms with Gasteiger partial charge in [0.1, 0.15) is 5.75 Å². The molecular formula is C17H14N2O2S2. The highest BCUT2D eigenvalue weighted by Crippen LogP contribution is 2.28. The number of hydrogen-bond donors (Lipinski definition) is 1. The van der Waals surface area contributed by atoms with Crippen LogP contribution in [0.15, 0.2) is 53.2 Å². The number of carbonyl (C=O) groups excluding carboxylic acids is 1. The molecule has 0 saturated heterocycles. The Kier molecular flexibility index (Phi) is 4.85. The molecule has 1 aromatic carbocycles. The minimum Gasteiger partial charge on any atom is -0.497 e. The highest BCUT2D eigenvalue weighted by Gasteiger charge is 2.06. The summed E-state index contributed by atoms with van der Waals surface area (Å²) in [5.74, 6) is 0.586. The highest BCUT2D eigenvalue weighted by atomic mass is 32.1. The van der Waals surface area contributed by atoms with Crippen LogP contribution in [-0.4, -0.2) is 18.0 Å². The van der Waals surface area contributed by atoms with Gasteiger partial charge in [0.15, 0.2) is 5.13 Å². The van der Waals surface area contributed by atoms with Crippen LogP contribution in [0.5, 0.6) is 5.75 Å². The number of rotatable bonds is 5. The Morgan fingerprint density at radius 2 is 2.04 bits per heavy atom. The van der Waals surface area contributed by atoms with Crippen LogP contribution in [-0.2, 0) is 4.79 Å². The predicted molar refractivity (Wildman–Crippen MR) is 96.1 cm³/mol. The maximum Gasteiger partial charge on any atom is 0.250 e. The van der Waals surface area contributed by atoms with Crippen LogP contribution in [0.2, 0.25) is 0 Å². The summed E-state index contributed by atoms with van der Waals surface area (Å²) >= 11 is 3.04. The van der Waals surface area contributed by atoms with E-state index in [9.17, 15) is 4.79 Å². The number of aromatic nitrogens is 1. The summed E-state index contributed by atoms with van der Waals surface area (Å²) in [5, 5.41) is 7.32. The van der Waals surface area contributed by atoms with E-state index < -0.39 is 0 Å². The third-order valence-electron chi connectivity index (χ3n) is 3.05. The lowest BCUT2D eigenvalue weighted by Crippen LogP contribution is -2.07. The molecule has 0 radical (unpaired) electrons. The molecule has 3 rings (SSSR count). The molecule has 0 unspecified atom stereocenters. The average molecular weight is 342 g/mol. The Labute approximate surface area is 142 Å². The summed E-state index contributed by atoms with van der Waals surface area (Å²) < 4.78 is 5.10. The van der Waals surface area contributed by atoms with Crippen molar-refractivity contribution in [2.24, 2.45) is 0 Å². The van der Waals surface area contributed by atoms with Gasteiger partial charge in [-0.1, -0.05) is 18.2 Å². The molecule has 4 nitrogen and oxygen atoms in total. The zero-order valence-electron chi connectivity index (χ0n) is 12.4. The monoisotopic (exact) mass is 342 g/mol. The Bertz CT molecular complexity index is 806. The maximum absolute atomic E-state index is 12.0. The smallest absolute Gasteiger partial charge is 0.250 e. The quantitative estimate of drug-likeness (QED) is 0.693. The van der Waals surface area contributed by atoms with Crippen molar-refractivity contribution in [3.8, 4) is 16.3 Å². The van der Waals surface area contributed by atoms with Gasteiger partial charge < -0.3 is 4.74 Å². The van der Waals surface area contributed by atoms with Crippen molar-refractivity contribution in [3.63, 3.8) is 0 Å². The Morgan fingerprint density at radius 3 is 2.74 bits per heavy atom. The largest absolute Gasteiger partial charge is 0.497 e. The second-order valence-corrected chi connectivity index (χ2v) is 6.42. The van der Waals surface area contributed by atoms with Crippen molar-refractivity contribution in [3.05, 3.63) is 58.8 Å². The van der Waals surface area contributed by atoms with Gasteiger partial charge in [-0.2, -0.15) is 0 Å². The summed E-state index contributed by atoms with van der Waals surface area (Å²) in [4.78, 5) is 17.5. The number of carbonyl (C=O) groups is 1. The number of hydrogen-bond acceptors (Lipinski definition) is 5. The molecule has 0 atom stereocenters. The first-order valence-corrected chi connectivity index (χ1v) is 8.63. The van der Waals surface area contributed by atoms with Crippen molar-refractivity contribution in [2.75, 3.05) is 12.4 Å². The standard InChI is InChI=1S/C17H14N2O2S2/c1-21-13-7-4-12(5-8-13)6-9-16(20)19-17-18-14(11-23-17)15-3-2-10-22-15/h2-11H,1H3,(H,18,19,20)/b9-6+. The number of nitrogens with zero attached hydrogens (tertiary/aromatic N) is 1. The van der Waals surface area contributed by atoms with Crippen LogP contribution in [0.25, 0.3) is 16.6 Å². The number of benzene rings is 1. The van der Waals surface area contributed by atoms with Gasteiger partial charge >= 0.3 is 0 Å². The highest BCUT2D eigenvalue weighted by molar-refractivity contribution is 7.16. The van der Waals surface area contributed by atoms with E-state index >= 15 is 0 Å². The van der Waals surface area contributed by atoms with Crippen molar-refractivity contribution in [2.45, 2.75) is 0 Å². The van der Waals surface area contributed by atoms with Crippen molar-refractivity contribution in [1.29, 1.82) is 0 Å². The van der Waals surface area contributed by atoms with E-state index in [0.717, 1.165) is 21.9 Å². The van der Waals surface area contributed by atoms with Crippen LogP contribution in [0.4, 0.5) is 5.13 Å². The molecule has 2 aromatic heterocycles. The first-order chi connectivity index (χ1) is 11.2. The SMILES string of the molecule is COc1ccc(/C=C/C(=O)Nc2nc(-c3cccs3)cs2)cc1. The molecule has 116 valence electrons.